The number of hydrogen-bond acceptors (Lipinski definition) is 3. The molecule has 0 saturated heterocycles. The normalized spacial score (nSPS) is 28.3. The highest BCUT2D eigenvalue weighted by Gasteiger charge is 2.29. The fourth-order valence-electron chi connectivity index (χ4n) is 2.84. The first-order chi connectivity index (χ1) is 8.54. The molecule has 100 valence electrons. The minimum Gasteiger partial charge on any atom is -0.476 e. The predicted octanol–water partition coefficient (Wildman–Crippen LogP) is 2.54. The monoisotopic (exact) mass is 251 g/mol. The average molecular weight is 251 g/mol. The van der Waals surface area contributed by atoms with Gasteiger partial charge in [0.2, 0.25) is 0 Å². The minimum absolute atomic E-state index is 0.115. The zero-order valence-electron chi connectivity index (χ0n) is 11.3. The number of nitrogens with zero attached hydrogens (tertiary/aromatic N) is 3. The Balaban J connectivity index is 2.26. The molecule has 2 rings (SSSR count). The molecule has 1 N–H and O–H groups in total. The predicted molar refractivity (Wildman–Crippen MR) is 67.6 cm³/mol. The molecule has 3 unspecified atom stereocenters. The van der Waals surface area contributed by atoms with Crippen LogP contribution in [0.5, 0.6) is 0 Å². The van der Waals surface area contributed by atoms with Crippen LogP contribution in [-0.4, -0.2) is 26.1 Å². The number of aromatic nitrogens is 3. The Bertz CT molecular complexity index is 441. The number of carboxylic acids is 1. The van der Waals surface area contributed by atoms with Crippen molar-refractivity contribution in [2.45, 2.75) is 52.5 Å². The molecule has 1 aromatic heterocycles. The van der Waals surface area contributed by atoms with E-state index in [1.54, 1.807) is 0 Å². The quantitative estimate of drug-likeness (QED) is 0.896. The van der Waals surface area contributed by atoms with Crippen molar-refractivity contribution < 1.29 is 9.90 Å². The molecule has 1 aliphatic carbocycles. The maximum atomic E-state index is 11.1. The van der Waals surface area contributed by atoms with Crippen LogP contribution in [0.25, 0.3) is 0 Å². The zero-order chi connectivity index (χ0) is 13.3. The summed E-state index contributed by atoms with van der Waals surface area (Å²) in [5.41, 5.74) is 0.873. The van der Waals surface area contributed by atoms with E-state index in [1.807, 2.05) is 11.6 Å². The van der Waals surface area contributed by atoms with Gasteiger partial charge < -0.3 is 5.11 Å². The Morgan fingerprint density at radius 1 is 1.39 bits per heavy atom. The van der Waals surface area contributed by atoms with Crippen LogP contribution in [0.4, 0.5) is 0 Å². The molecule has 1 heterocycles. The van der Waals surface area contributed by atoms with Gasteiger partial charge in [0.25, 0.3) is 0 Å². The van der Waals surface area contributed by atoms with Gasteiger partial charge in [-0.2, -0.15) is 0 Å². The molecule has 0 amide bonds. The van der Waals surface area contributed by atoms with Crippen LogP contribution in [0, 0.1) is 11.8 Å². The van der Waals surface area contributed by atoms with Crippen LogP contribution in [0.1, 0.15) is 62.3 Å². The standard InChI is InChI=1S/C13H21N3O2/c1-4-11-12(13(17)18)14-15-16(11)10-6-5-8(2)9(3)7-10/h8-10H,4-7H2,1-3H3,(H,17,18). The van der Waals surface area contributed by atoms with Gasteiger partial charge in [0.15, 0.2) is 5.69 Å². The van der Waals surface area contributed by atoms with E-state index in [0.717, 1.165) is 24.5 Å². The summed E-state index contributed by atoms with van der Waals surface area (Å²) in [7, 11) is 0. The van der Waals surface area contributed by atoms with Crippen molar-refractivity contribution in [3.05, 3.63) is 11.4 Å². The van der Waals surface area contributed by atoms with E-state index in [4.69, 9.17) is 5.11 Å². The fourth-order valence-corrected chi connectivity index (χ4v) is 2.84. The molecule has 3 atom stereocenters. The van der Waals surface area contributed by atoms with Crippen LogP contribution in [0.15, 0.2) is 0 Å². The van der Waals surface area contributed by atoms with Gasteiger partial charge in [0, 0.05) is 0 Å². The lowest BCUT2D eigenvalue weighted by Crippen LogP contribution is -2.25. The third-order valence-electron chi connectivity index (χ3n) is 4.24. The summed E-state index contributed by atoms with van der Waals surface area (Å²) in [5, 5.41) is 17.0. The maximum absolute atomic E-state index is 11.1. The van der Waals surface area contributed by atoms with E-state index in [9.17, 15) is 4.79 Å². The summed E-state index contributed by atoms with van der Waals surface area (Å²) in [4.78, 5) is 11.1. The number of carbonyl (C=O) groups is 1. The minimum atomic E-state index is -0.977. The van der Waals surface area contributed by atoms with Gasteiger partial charge >= 0.3 is 5.97 Å². The molecule has 0 aliphatic heterocycles. The van der Waals surface area contributed by atoms with Crippen LogP contribution in [0.3, 0.4) is 0 Å². The number of aromatic carboxylic acids is 1. The Morgan fingerprint density at radius 2 is 2.11 bits per heavy atom. The van der Waals surface area contributed by atoms with Gasteiger partial charge in [0.1, 0.15) is 0 Å². The van der Waals surface area contributed by atoms with Crippen LogP contribution < -0.4 is 0 Å². The van der Waals surface area contributed by atoms with Crippen molar-refractivity contribution in [3.63, 3.8) is 0 Å². The summed E-state index contributed by atoms with van der Waals surface area (Å²) in [6, 6.07) is 0.312. The topological polar surface area (TPSA) is 68.0 Å². The van der Waals surface area contributed by atoms with E-state index in [2.05, 4.69) is 24.2 Å². The molecule has 1 saturated carbocycles. The summed E-state index contributed by atoms with van der Waals surface area (Å²) in [6.45, 7) is 6.50. The van der Waals surface area contributed by atoms with Gasteiger partial charge in [0.05, 0.1) is 11.7 Å². The van der Waals surface area contributed by atoms with Gasteiger partial charge in [-0.15, -0.1) is 5.10 Å². The number of hydrogen-bond donors (Lipinski definition) is 1. The molecular weight excluding hydrogens is 230 g/mol. The second kappa shape index (κ2) is 5.08. The van der Waals surface area contributed by atoms with Crippen molar-refractivity contribution in [1.29, 1.82) is 0 Å². The zero-order valence-corrected chi connectivity index (χ0v) is 11.3. The molecular formula is C13H21N3O2. The molecule has 0 bridgehead atoms. The van der Waals surface area contributed by atoms with Gasteiger partial charge in [-0.05, 0) is 37.5 Å². The first kappa shape index (κ1) is 13.1. The first-order valence-corrected chi connectivity index (χ1v) is 6.71. The second-order valence-corrected chi connectivity index (χ2v) is 5.41. The third kappa shape index (κ3) is 2.26. The van der Waals surface area contributed by atoms with E-state index in [-0.39, 0.29) is 5.69 Å². The average Bonchev–Trinajstić information content (AvgIpc) is 2.76. The lowest BCUT2D eigenvalue weighted by atomic mass is 9.79. The smallest absolute Gasteiger partial charge is 0.358 e. The highest BCUT2D eigenvalue weighted by Crippen LogP contribution is 2.36. The molecule has 1 aromatic rings. The Kier molecular flexibility index (Phi) is 3.68. The highest BCUT2D eigenvalue weighted by molar-refractivity contribution is 5.86. The van der Waals surface area contributed by atoms with E-state index >= 15 is 0 Å². The Hall–Kier alpha value is -1.39. The lowest BCUT2D eigenvalue weighted by Gasteiger charge is -2.32. The SMILES string of the molecule is CCc1c(C(=O)O)nnn1C1CCC(C)C(C)C1. The molecule has 5 heteroatoms. The Labute approximate surface area is 107 Å². The Morgan fingerprint density at radius 3 is 2.67 bits per heavy atom. The molecule has 0 radical (unpaired) electrons. The number of rotatable bonds is 3. The molecule has 1 fully saturated rings. The molecule has 5 nitrogen and oxygen atoms in total. The van der Waals surface area contributed by atoms with Crippen LogP contribution in [0.2, 0.25) is 0 Å². The van der Waals surface area contributed by atoms with Gasteiger partial charge in [-0.1, -0.05) is 26.0 Å². The van der Waals surface area contributed by atoms with Gasteiger partial charge in [-0.25, -0.2) is 9.48 Å². The molecule has 1 aliphatic rings. The van der Waals surface area contributed by atoms with E-state index in [0.29, 0.717) is 18.4 Å². The van der Waals surface area contributed by atoms with Crippen LogP contribution in [-0.2, 0) is 6.42 Å². The maximum Gasteiger partial charge on any atom is 0.358 e. The van der Waals surface area contributed by atoms with Crippen LogP contribution >= 0.6 is 0 Å². The largest absolute Gasteiger partial charge is 0.476 e. The fraction of sp³-hybridized carbons (Fsp3) is 0.769. The summed E-state index contributed by atoms with van der Waals surface area (Å²) in [6.07, 6.45) is 3.98. The summed E-state index contributed by atoms with van der Waals surface area (Å²) < 4.78 is 1.85. The summed E-state index contributed by atoms with van der Waals surface area (Å²) >= 11 is 0. The van der Waals surface area contributed by atoms with Crippen molar-refractivity contribution in [1.82, 2.24) is 15.0 Å². The second-order valence-electron chi connectivity index (χ2n) is 5.41. The third-order valence-corrected chi connectivity index (χ3v) is 4.24. The van der Waals surface area contributed by atoms with Crippen molar-refractivity contribution in [3.8, 4) is 0 Å². The molecule has 0 aromatic carbocycles. The van der Waals surface area contributed by atoms with E-state index < -0.39 is 5.97 Å². The first-order valence-electron chi connectivity index (χ1n) is 6.71. The van der Waals surface area contributed by atoms with E-state index in [1.165, 1.54) is 6.42 Å². The number of carboxylic acid groups (broad SMARTS) is 1. The van der Waals surface area contributed by atoms with Crippen molar-refractivity contribution >= 4 is 5.97 Å². The highest BCUT2D eigenvalue weighted by atomic mass is 16.4. The van der Waals surface area contributed by atoms with Gasteiger partial charge in [-0.3, -0.25) is 0 Å². The van der Waals surface area contributed by atoms with Crippen molar-refractivity contribution in [2.24, 2.45) is 11.8 Å². The lowest BCUT2D eigenvalue weighted by molar-refractivity contribution is 0.0689. The molecule has 18 heavy (non-hydrogen) atoms. The van der Waals surface area contributed by atoms with Crippen molar-refractivity contribution in [2.75, 3.05) is 0 Å². The molecule has 0 spiro atoms. The summed E-state index contributed by atoms with van der Waals surface area (Å²) in [5.74, 6) is 0.426.